The van der Waals surface area contributed by atoms with E-state index in [9.17, 15) is 18.0 Å². The lowest BCUT2D eigenvalue weighted by molar-refractivity contribution is -0.116. The number of fused-ring (bicyclic) bond motifs is 1. The van der Waals surface area contributed by atoms with Crippen molar-refractivity contribution in [1.29, 1.82) is 0 Å². The summed E-state index contributed by atoms with van der Waals surface area (Å²) in [5.74, 6) is 0.447. The number of aryl methyl sites for hydroxylation is 2. The fraction of sp³-hybridized carbons (Fsp3) is 0.240. The molecule has 0 saturated carbocycles. The Morgan fingerprint density at radius 3 is 2.63 bits per heavy atom. The first-order valence-electron chi connectivity index (χ1n) is 11.1. The van der Waals surface area contributed by atoms with Crippen molar-refractivity contribution in [2.75, 3.05) is 11.1 Å². The SMILES string of the molecule is CCS(=O)(=O)c1ccc(OCc2cc(=O)n3oc(C)cc3n2)c(NC(=O)CCc2ccccc2)c1. The van der Waals surface area contributed by atoms with Crippen LogP contribution in [0.1, 0.15) is 30.4 Å². The zero-order valence-corrected chi connectivity index (χ0v) is 20.2. The second-order valence-corrected chi connectivity index (χ2v) is 10.2. The molecule has 9 nitrogen and oxygen atoms in total. The fourth-order valence-corrected chi connectivity index (χ4v) is 4.41. The molecule has 0 aliphatic carbocycles. The molecule has 1 N–H and O–H groups in total. The molecule has 0 fully saturated rings. The molecule has 0 saturated heterocycles. The lowest BCUT2D eigenvalue weighted by atomic mass is 10.1. The summed E-state index contributed by atoms with van der Waals surface area (Å²) in [7, 11) is -3.50. The average molecular weight is 496 g/mol. The van der Waals surface area contributed by atoms with E-state index in [0.717, 1.165) is 10.1 Å². The van der Waals surface area contributed by atoms with Crippen molar-refractivity contribution in [3.63, 3.8) is 0 Å². The molecule has 1 amide bonds. The Bertz CT molecular complexity index is 1520. The number of aromatic nitrogens is 2. The number of rotatable bonds is 9. The molecule has 10 heteroatoms. The van der Waals surface area contributed by atoms with E-state index >= 15 is 0 Å². The molecule has 0 spiro atoms. The van der Waals surface area contributed by atoms with E-state index in [2.05, 4.69) is 10.3 Å². The number of anilines is 1. The van der Waals surface area contributed by atoms with Gasteiger partial charge in [0.15, 0.2) is 15.5 Å². The Balaban J connectivity index is 1.55. The van der Waals surface area contributed by atoms with Crippen molar-refractivity contribution in [2.45, 2.75) is 38.2 Å². The average Bonchev–Trinajstić information content (AvgIpc) is 3.23. The molecule has 2 aromatic carbocycles. The van der Waals surface area contributed by atoms with E-state index in [1.165, 1.54) is 24.3 Å². The Morgan fingerprint density at radius 2 is 1.89 bits per heavy atom. The maximum absolute atomic E-state index is 12.7. The molecule has 4 aromatic rings. The largest absolute Gasteiger partial charge is 0.485 e. The zero-order chi connectivity index (χ0) is 25.0. The molecule has 0 aliphatic rings. The van der Waals surface area contributed by atoms with Crippen LogP contribution in [0.25, 0.3) is 5.65 Å². The molecule has 0 unspecified atom stereocenters. The second-order valence-electron chi connectivity index (χ2n) is 7.97. The number of ether oxygens (including phenoxy) is 1. The molecule has 4 rings (SSSR count). The van der Waals surface area contributed by atoms with Crippen LogP contribution in [-0.2, 0) is 27.7 Å². The van der Waals surface area contributed by atoms with Crippen LogP contribution < -0.4 is 15.6 Å². The van der Waals surface area contributed by atoms with E-state index in [4.69, 9.17) is 9.26 Å². The number of carbonyl (C=O) groups excluding carboxylic acids is 1. The monoisotopic (exact) mass is 495 g/mol. The number of benzene rings is 2. The van der Waals surface area contributed by atoms with Crippen molar-refractivity contribution in [3.05, 3.63) is 88.0 Å². The smallest absolute Gasteiger partial charge is 0.287 e. The van der Waals surface area contributed by atoms with Gasteiger partial charge in [0.1, 0.15) is 18.1 Å². The van der Waals surface area contributed by atoms with Crippen LogP contribution in [0.2, 0.25) is 0 Å². The minimum absolute atomic E-state index is 0.0667. The third-order valence-electron chi connectivity index (χ3n) is 5.35. The minimum Gasteiger partial charge on any atom is -0.485 e. The quantitative estimate of drug-likeness (QED) is 0.377. The summed E-state index contributed by atoms with van der Waals surface area (Å²) < 4.78 is 37.0. The molecule has 0 bridgehead atoms. The van der Waals surface area contributed by atoms with Gasteiger partial charge in [-0.3, -0.25) is 9.59 Å². The first-order valence-corrected chi connectivity index (χ1v) is 12.7. The van der Waals surface area contributed by atoms with Gasteiger partial charge in [-0.05, 0) is 37.1 Å². The number of amides is 1. The van der Waals surface area contributed by atoms with Crippen LogP contribution in [0, 0.1) is 6.92 Å². The van der Waals surface area contributed by atoms with Gasteiger partial charge in [0.2, 0.25) is 5.91 Å². The number of sulfone groups is 1. The van der Waals surface area contributed by atoms with Crippen LogP contribution in [0.15, 0.2) is 74.9 Å². The first kappa shape index (κ1) is 24.2. The van der Waals surface area contributed by atoms with Crippen molar-refractivity contribution in [1.82, 2.24) is 9.56 Å². The minimum atomic E-state index is -3.50. The number of nitrogens with one attached hydrogen (secondary N) is 1. The maximum Gasteiger partial charge on any atom is 0.287 e. The van der Waals surface area contributed by atoms with Gasteiger partial charge in [0.05, 0.1) is 22.0 Å². The van der Waals surface area contributed by atoms with Gasteiger partial charge in [-0.2, -0.15) is 0 Å². The van der Waals surface area contributed by atoms with E-state index in [-0.39, 0.29) is 46.6 Å². The van der Waals surface area contributed by atoms with Crippen LogP contribution in [-0.4, -0.2) is 29.6 Å². The van der Waals surface area contributed by atoms with Gasteiger partial charge in [-0.15, -0.1) is 4.57 Å². The molecule has 35 heavy (non-hydrogen) atoms. The lowest BCUT2D eigenvalue weighted by Crippen LogP contribution is -2.16. The summed E-state index contributed by atoms with van der Waals surface area (Å²) >= 11 is 0. The Hall–Kier alpha value is -3.92. The molecule has 0 radical (unpaired) electrons. The van der Waals surface area contributed by atoms with E-state index in [0.29, 0.717) is 23.5 Å². The standard InChI is InChI=1S/C25H25N3O6S/c1-3-35(31,32)20-10-11-22(21(15-20)27-24(29)12-9-18-7-5-4-6-8-18)33-16-19-14-25(30)28-23(26-19)13-17(2)34-28/h4-8,10-11,13-15H,3,9,12,16H2,1-2H3,(H,27,29). The predicted octanol–water partition coefficient (Wildman–Crippen LogP) is 3.54. The Labute approximate surface area is 202 Å². The molecule has 182 valence electrons. The van der Waals surface area contributed by atoms with Crippen molar-refractivity contribution in [3.8, 4) is 5.75 Å². The van der Waals surface area contributed by atoms with Crippen LogP contribution in [0.3, 0.4) is 0 Å². The zero-order valence-electron chi connectivity index (χ0n) is 19.4. The van der Waals surface area contributed by atoms with Gasteiger partial charge in [-0.25, -0.2) is 13.4 Å². The number of nitrogens with zero attached hydrogens (tertiary/aromatic N) is 2. The highest BCUT2D eigenvalue weighted by Crippen LogP contribution is 2.29. The molecule has 0 atom stereocenters. The summed E-state index contributed by atoms with van der Waals surface area (Å²) in [4.78, 5) is 29.4. The van der Waals surface area contributed by atoms with Gasteiger partial charge in [0, 0.05) is 18.6 Å². The third-order valence-corrected chi connectivity index (χ3v) is 7.08. The summed E-state index contributed by atoms with van der Waals surface area (Å²) in [6, 6.07) is 16.8. The molecule has 2 heterocycles. The van der Waals surface area contributed by atoms with Crippen molar-refractivity contribution >= 4 is 27.1 Å². The van der Waals surface area contributed by atoms with Gasteiger partial charge in [-0.1, -0.05) is 37.3 Å². The van der Waals surface area contributed by atoms with Gasteiger partial charge >= 0.3 is 0 Å². The summed E-state index contributed by atoms with van der Waals surface area (Å²) in [5, 5.41) is 2.77. The summed E-state index contributed by atoms with van der Waals surface area (Å²) in [6.45, 7) is 3.20. The summed E-state index contributed by atoms with van der Waals surface area (Å²) in [5.41, 5.74) is 1.58. The normalized spacial score (nSPS) is 11.5. The van der Waals surface area contributed by atoms with E-state index in [1.54, 1.807) is 19.9 Å². The van der Waals surface area contributed by atoms with E-state index in [1.807, 2.05) is 30.3 Å². The van der Waals surface area contributed by atoms with Crippen LogP contribution in [0.5, 0.6) is 5.75 Å². The summed E-state index contributed by atoms with van der Waals surface area (Å²) in [6.07, 6.45) is 0.747. The molecule has 0 aliphatic heterocycles. The highest BCUT2D eigenvalue weighted by Gasteiger charge is 2.17. The number of hydrogen-bond acceptors (Lipinski definition) is 7. The predicted molar refractivity (Wildman–Crippen MR) is 130 cm³/mol. The van der Waals surface area contributed by atoms with Crippen molar-refractivity contribution < 1.29 is 22.5 Å². The van der Waals surface area contributed by atoms with Gasteiger partial charge in [0.25, 0.3) is 5.56 Å². The van der Waals surface area contributed by atoms with Crippen molar-refractivity contribution in [2.24, 2.45) is 0 Å². The topological polar surface area (TPSA) is 120 Å². The highest BCUT2D eigenvalue weighted by atomic mass is 32.2. The molecule has 2 aromatic heterocycles. The van der Waals surface area contributed by atoms with Crippen LogP contribution in [0.4, 0.5) is 5.69 Å². The second kappa shape index (κ2) is 10.1. The number of hydrogen-bond donors (Lipinski definition) is 1. The number of carbonyl (C=O) groups is 1. The molecular formula is C25H25N3O6S. The van der Waals surface area contributed by atoms with Gasteiger partial charge < -0.3 is 14.6 Å². The Morgan fingerprint density at radius 1 is 1.11 bits per heavy atom. The highest BCUT2D eigenvalue weighted by molar-refractivity contribution is 7.91. The maximum atomic E-state index is 12.7. The first-order chi connectivity index (χ1) is 16.7. The van der Waals surface area contributed by atoms with Crippen LogP contribution >= 0.6 is 0 Å². The Kier molecular flexibility index (Phi) is 7.02. The third kappa shape index (κ3) is 5.78. The van der Waals surface area contributed by atoms with E-state index < -0.39 is 9.84 Å². The molecular weight excluding hydrogens is 470 g/mol. The lowest BCUT2D eigenvalue weighted by Gasteiger charge is -2.14. The fourth-order valence-electron chi connectivity index (χ4n) is 3.51.